The summed E-state index contributed by atoms with van der Waals surface area (Å²) in [6.07, 6.45) is -0.733. The van der Waals surface area contributed by atoms with Crippen LogP contribution in [0.1, 0.15) is 33.1 Å². The number of rotatable bonds is 2. The van der Waals surface area contributed by atoms with Crippen LogP contribution in [0.2, 0.25) is 0 Å². The van der Waals surface area contributed by atoms with Gasteiger partial charge in [0, 0.05) is 31.3 Å². The first kappa shape index (κ1) is 12.9. The first-order valence-corrected chi connectivity index (χ1v) is 6.13. The van der Waals surface area contributed by atoms with Gasteiger partial charge in [0.25, 0.3) is 11.8 Å². The number of carbonyl (C=O) groups is 2. The first-order chi connectivity index (χ1) is 8.39. The Morgan fingerprint density at radius 1 is 1.39 bits per heavy atom. The number of aromatic nitrogens is 1. The fraction of sp³-hybridized carbons (Fsp3) is 0.500. The molecular weight excluding hydrogens is 266 g/mol. The summed E-state index contributed by atoms with van der Waals surface area (Å²) in [7, 11) is 0. The summed E-state index contributed by atoms with van der Waals surface area (Å²) in [6.45, 7) is -0.0719. The lowest BCUT2D eigenvalue weighted by Crippen LogP contribution is -2.42. The minimum atomic E-state index is -2.72. The lowest BCUT2D eigenvalue weighted by atomic mass is 10.1. The fourth-order valence-electron chi connectivity index (χ4n) is 1.67. The predicted molar refractivity (Wildman–Crippen MR) is 59.2 cm³/mol. The van der Waals surface area contributed by atoms with Crippen molar-refractivity contribution in [3.05, 3.63) is 16.1 Å². The van der Waals surface area contributed by atoms with E-state index in [1.165, 1.54) is 10.3 Å². The van der Waals surface area contributed by atoms with Crippen molar-refractivity contribution in [3.8, 4) is 0 Å². The highest BCUT2D eigenvalue weighted by atomic mass is 32.1. The van der Waals surface area contributed by atoms with Crippen LogP contribution >= 0.6 is 11.3 Å². The number of aromatic carboxylic acids is 1. The Hall–Kier alpha value is -1.57. The van der Waals surface area contributed by atoms with Gasteiger partial charge in [0.15, 0.2) is 0 Å². The van der Waals surface area contributed by atoms with Crippen LogP contribution in [-0.2, 0) is 0 Å². The molecule has 1 N–H and O–H groups in total. The number of alkyl halides is 2. The van der Waals surface area contributed by atoms with Crippen molar-refractivity contribution in [2.45, 2.75) is 18.8 Å². The summed E-state index contributed by atoms with van der Waals surface area (Å²) in [4.78, 5) is 27.4. The van der Waals surface area contributed by atoms with E-state index in [4.69, 9.17) is 5.11 Å². The first-order valence-electron chi connectivity index (χ1n) is 5.25. The number of hydrogen-bond acceptors (Lipinski definition) is 4. The molecule has 0 unspecified atom stereocenters. The minimum absolute atomic E-state index is 0.00242. The Kier molecular flexibility index (Phi) is 3.29. The molecule has 8 heteroatoms. The number of hydrogen-bond donors (Lipinski definition) is 1. The van der Waals surface area contributed by atoms with Gasteiger partial charge in [0.2, 0.25) is 5.01 Å². The summed E-state index contributed by atoms with van der Waals surface area (Å²) in [6, 6.07) is 0. The standard InChI is InChI=1S/C10H10F2N2O3S/c11-10(12)1-3-14(4-2-10)8(15)6-5-18-7(13-6)9(16)17/h5H,1-4H2,(H,16,17). The molecule has 0 spiro atoms. The second-order valence-electron chi connectivity index (χ2n) is 3.99. The lowest BCUT2D eigenvalue weighted by Gasteiger charge is -2.31. The van der Waals surface area contributed by atoms with Gasteiger partial charge in [-0.3, -0.25) is 4.79 Å². The molecule has 0 atom stereocenters. The van der Waals surface area contributed by atoms with Gasteiger partial charge in [-0.15, -0.1) is 11.3 Å². The minimum Gasteiger partial charge on any atom is -0.476 e. The zero-order chi connectivity index (χ0) is 13.3. The van der Waals surface area contributed by atoms with Crippen LogP contribution in [0.15, 0.2) is 5.38 Å². The smallest absolute Gasteiger partial charge is 0.365 e. The number of carbonyl (C=O) groups excluding carboxylic acids is 1. The van der Waals surface area contributed by atoms with Crippen LogP contribution in [0.25, 0.3) is 0 Å². The van der Waals surface area contributed by atoms with Crippen molar-refractivity contribution in [3.63, 3.8) is 0 Å². The molecular formula is C10H10F2N2O3S. The number of nitrogens with zero attached hydrogens (tertiary/aromatic N) is 2. The summed E-state index contributed by atoms with van der Waals surface area (Å²) in [5.74, 6) is -4.41. The zero-order valence-corrected chi connectivity index (χ0v) is 10.0. The van der Waals surface area contributed by atoms with Crippen molar-refractivity contribution >= 4 is 23.2 Å². The normalized spacial score (nSPS) is 18.7. The van der Waals surface area contributed by atoms with Crippen molar-refractivity contribution in [1.82, 2.24) is 9.88 Å². The Morgan fingerprint density at radius 2 is 2.00 bits per heavy atom. The van der Waals surface area contributed by atoms with E-state index in [2.05, 4.69) is 4.98 Å². The SMILES string of the molecule is O=C(O)c1nc(C(=O)N2CCC(F)(F)CC2)cs1. The van der Waals surface area contributed by atoms with E-state index in [9.17, 15) is 18.4 Å². The van der Waals surface area contributed by atoms with Crippen LogP contribution in [-0.4, -0.2) is 45.9 Å². The highest BCUT2D eigenvalue weighted by molar-refractivity contribution is 7.11. The van der Waals surface area contributed by atoms with Gasteiger partial charge in [-0.25, -0.2) is 18.6 Å². The summed E-state index contributed by atoms with van der Waals surface area (Å²) < 4.78 is 25.8. The number of thiazole rings is 1. The highest BCUT2D eigenvalue weighted by Gasteiger charge is 2.36. The molecule has 0 saturated carbocycles. The second-order valence-corrected chi connectivity index (χ2v) is 4.85. The van der Waals surface area contributed by atoms with E-state index < -0.39 is 17.8 Å². The second kappa shape index (κ2) is 4.60. The average molecular weight is 276 g/mol. The predicted octanol–water partition coefficient (Wildman–Crippen LogP) is 1.71. The van der Waals surface area contributed by atoms with Crippen LogP contribution in [0, 0.1) is 0 Å². The van der Waals surface area contributed by atoms with Gasteiger partial charge in [-0.2, -0.15) is 0 Å². The van der Waals surface area contributed by atoms with E-state index >= 15 is 0 Å². The summed E-state index contributed by atoms with van der Waals surface area (Å²) in [5, 5.41) is 9.83. The Balaban J connectivity index is 2.05. The molecule has 1 aliphatic rings. The molecule has 0 bridgehead atoms. The van der Waals surface area contributed by atoms with Gasteiger partial charge in [-0.1, -0.05) is 0 Å². The highest BCUT2D eigenvalue weighted by Crippen LogP contribution is 2.28. The zero-order valence-electron chi connectivity index (χ0n) is 9.23. The van der Waals surface area contributed by atoms with E-state index in [1.54, 1.807) is 0 Å². The third kappa shape index (κ3) is 2.63. The number of carboxylic acids is 1. The Morgan fingerprint density at radius 3 is 2.50 bits per heavy atom. The topological polar surface area (TPSA) is 70.5 Å². The number of carboxylic acid groups (broad SMARTS) is 1. The maximum atomic E-state index is 12.9. The van der Waals surface area contributed by atoms with Crippen molar-refractivity contribution in [1.29, 1.82) is 0 Å². The van der Waals surface area contributed by atoms with Gasteiger partial charge in [0.05, 0.1) is 0 Å². The van der Waals surface area contributed by atoms with Gasteiger partial charge < -0.3 is 10.0 Å². The largest absolute Gasteiger partial charge is 0.476 e. The van der Waals surface area contributed by atoms with Crippen LogP contribution in [0.5, 0.6) is 0 Å². The van der Waals surface area contributed by atoms with Crippen LogP contribution in [0.4, 0.5) is 8.78 Å². The van der Waals surface area contributed by atoms with Gasteiger partial charge in [-0.05, 0) is 0 Å². The molecule has 1 fully saturated rings. The number of halogens is 2. The van der Waals surface area contributed by atoms with E-state index in [1.807, 2.05) is 0 Å². The Bertz CT molecular complexity index is 479. The maximum absolute atomic E-state index is 12.9. The fourth-order valence-corrected chi connectivity index (χ4v) is 2.30. The lowest BCUT2D eigenvalue weighted by molar-refractivity contribution is -0.0495. The van der Waals surface area contributed by atoms with Crippen molar-refractivity contribution < 1.29 is 23.5 Å². The quantitative estimate of drug-likeness (QED) is 0.892. The molecule has 1 aromatic heterocycles. The molecule has 1 amide bonds. The monoisotopic (exact) mass is 276 g/mol. The molecule has 5 nitrogen and oxygen atoms in total. The van der Waals surface area contributed by atoms with E-state index in [-0.39, 0.29) is 36.6 Å². The molecule has 1 aromatic rings. The van der Waals surface area contributed by atoms with Gasteiger partial charge >= 0.3 is 5.97 Å². The molecule has 0 aliphatic carbocycles. The third-order valence-electron chi connectivity index (χ3n) is 2.69. The van der Waals surface area contributed by atoms with Crippen LogP contribution < -0.4 is 0 Å². The molecule has 2 heterocycles. The third-order valence-corrected chi connectivity index (χ3v) is 3.52. The number of piperidine rings is 1. The molecule has 0 aromatic carbocycles. The molecule has 18 heavy (non-hydrogen) atoms. The van der Waals surface area contributed by atoms with E-state index in [0.29, 0.717) is 0 Å². The molecule has 98 valence electrons. The van der Waals surface area contributed by atoms with Crippen molar-refractivity contribution in [2.24, 2.45) is 0 Å². The number of likely N-dealkylation sites (tertiary alicyclic amines) is 1. The average Bonchev–Trinajstić information content (AvgIpc) is 2.77. The summed E-state index contributed by atoms with van der Waals surface area (Å²) >= 11 is 0.843. The molecule has 1 saturated heterocycles. The molecule has 2 rings (SSSR count). The maximum Gasteiger partial charge on any atom is 0.365 e. The number of amides is 1. The summed E-state index contributed by atoms with van der Waals surface area (Å²) in [5.41, 5.74) is 0.00242. The van der Waals surface area contributed by atoms with E-state index in [0.717, 1.165) is 11.3 Å². The van der Waals surface area contributed by atoms with Crippen LogP contribution in [0.3, 0.4) is 0 Å². The van der Waals surface area contributed by atoms with Gasteiger partial charge in [0.1, 0.15) is 5.69 Å². The Labute approximate surface area is 105 Å². The molecule has 0 radical (unpaired) electrons. The molecule has 1 aliphatic heterocycles. The van der Waals surface area contributed by atoms with Crippen molar-refractivity contribution in [2.75, 3.05) is 13.1 Å².